The maximum atomic E-state index is 13.6. The van der Waals surface area contributed by atoms with Crippen LogP contribution < -0.4 is 24.6 Å². The van der Waals surface area contributed by atoms with Gasteiger partial charge in [0.15, 0.2) is 18.9 Å². The highest BCUT2D eigenvalue weighted by atomic mass is 16.5. The van der Waals surface area contributed by atoms with Gasteiger partial charge in [0.1, 0.15) is 11.7 Å². The average molecular weight is 530 g/mol. The lowest BCUT2D eigenvalue weighted by atomic mass is 10.0. The smallest absolute Gasteiger partial charge is 0.256 e. The van der Waals surface area contributed by atoms with Crippen molar-refractivity contribution in [2.24, 2.45) is 0 Å². The first-order valence-corrected chi connectivity index (χ1v) is 13.7. The molecule has 0 saturated carbocycles. The third-order valence-corrected chi connectivity index (χ3v) is 6.47. The minimum Gasteiger partial charge on any atom is -0.544 e. The minimum atomic E-state index is -1.18. The summed E-state index contributed by atoms with van der Waals surface area (Å²) in [6, 6.07) is 18.8. The number of aliphatic carboxylic acids is 1. The normalized spacial score (nSPS) is 11.2. The predicted molar refractivity (Wildman–Crippen MR) is 154 cm³/mol. The molecule has 1 N–H and O–H groups in total. The maximum absolute atomic E-state index is 13.6. The van der Waals surface area contributed by atoms with Gasteiger partial charge in [0.2, 0.25) is 0 Å². The van der Waals surface area contributed by atoms with Crippen LogP contribution in [0.3, 0.4) is 0 Å². The van der Waals surface area contributed by atoms with Gasteiger partial charge in [0, 0.05) is 53.8 Å². The van der Waals surface area contributed by atoms with E-state index in [9.17, 15) is 14.7 Å². The van der Waals surface area contributed by atoms with Gasteiger partial charge >= 0.3 is 0 Å². The van der Waals surface area contributed by atoms with Crippen LogP contribution in [-0.4, -0.2) is 31.6 Å². The number of carboxylic acids is 1. The topological polar surface area (TPSA) is 85.6 Å². The molecule has 2 aromatic carbocycles. The molecule has 0 aliphatic carbocycles. The number of para-hydroxylation sites is 1. The molecule has 0 bridgehead atoms. The number of nitrogens with zero attached hydrogens (tertiary/aromatic N) is 2. The van der Waals surface area contributed by atoms with Crippen LogP contribution in [0.4, 0.5) is 11.4 Å². The van der Waals surface area contributed by atoms with Gasteiger partial charge in [-0.2, -0.15) is 4.57 Å². The number of hydrogen-bond donors (Lipinski definition) is 1. The Labute approximate surface area is 231 Å². The van der Waals surface area contributed by atoms with Gasteiger partial charge in [-0.1, -0.05) is 44.4 Å². The van der Waals surface area contributed by atoms with E-state index < -0.39 is 5.97 Å². The number of anilines is 2. The van der Waals surface area contributed by atoms with Crippen LogP contribution in [0.25, 0.3) is 11.6 Å². The molecule has 206 valence electrons. The number of ether oxygens (including phenoxy) is 1. The van der Waals surface area contributed by atoms with Crippen LogP contribution in [0.1, 0.15) is 57.6 Å². The quantitative estimate of drug-likeness (QED) is 0.175. The Morgan fingerprint density at radius 2 is 1.67 bits per heavy atom. The number of carbonyl (C=O) groups is 2. The lowest BCUT2D eigenvalue weighted by Gasteiger charge is -2.22. The van der Waals surface area contributed by atoms with E-state index in [1.807, 2.05) is 54.6 Å². The summed E-state index contributed by atoms with van der Waals surface area (Å²) in [6.45, 7) is 8.52. The van der Waals surface area contributed by atoms with Crippen molar-refractivity contribution < 1.29 is 24.0 Å². The van der Waals surface area contributed by atoms with Gasteiger partial charge < -0.3 is 24.9 Å². The summed E-state index contributed by atoms with van der Waals surface area (Å²) in [7, 11) is 0. The lowest BCUT2D eigenvalue weighted by molar-refractivity contribution is -0.690. The SMILES string of the molecule is CCCCCCOc1cc(N(CC)CC)ccc1/C=C(\C(=O)Nc1ccccc1)c1cc[n+](CC(=O)[O-])cc1. The monoisotopic (exact) mass is 529 g/mol. The van der Waals surface area contributed by atoms with Gasteiger partial charge in [-0.3, -0.25) is 4.79 Å². The standard InChI is InChI=1S/C32H39N3O4/c1-4-7-8-12-21-39-30-23-28(35(5-2)6-3)16-15-26(30)22-29(32(38)33-27-13-10-9-11-14-27)25-17-19-34(20-18-25)24-31(36)37/h9-11,13-20,22-23H,4-8,12,21,24H2,1-3H3,(H-,33,36,37,38). The Balaban J connectivity index is 2.02. The zero-order valence-corrected chi connectivity index (χ0v) is 23.2. The molecule has 0 fully saturated rings. The fourth-order valence-corrected chi connectivity index (χ4v) is 4.31. The number of carboxylic acid groups (broad SMARTS) is 1. The molecule has 3 rings (SSSR count). The molecule has 1 amide bonds. The Kier molecular flexibility index (Phi) is 11.6. The number of hydrogen-bond acceptors (Lipinski definition) is 5. The molecule has 7 heteroatoms. The second-order valence-electron chi connectivity index (χ2n) is 9.31. The summed E-state index contributed by atoms with van der Waals surface area (Å²) in [5.41, 5.74) is 3.64. The van der Waals surface area contributed by atoms with Gasteiger partial charge in [-0.25, -0.2) is 0 Å². The van der Waals surface area contributed by atoms with Crippen LogP contribution in [0.2, 0.25) is 0 Å². The summed E-state index contributed by atoms with van der Waals surface area (Å²) in [6.07, 6.45) is 9.50. The highest BCUT2D eigenvalue weighted by Crippen LogP contribution is 2.30. The maximum Gasteiger partial charge on any atom is 0.256 e. The van der Waals surface area contributed by atoms with E-state index in [2.05, 4.69) is 31.0 Å². The number of unbranched alkanes of at least 4 members (excludes halogenated alkanes) is 3. The second kappa shape index (κ2) is 15.3. The van der Waals surface area contributed by atoms with E-state index >= 15 is 0 Å². The predicted octanol–water partition coefficient (Wildman–Crippen LogP) is 4.71. The van der Waals surface area contributed by atoms with Crippen molar-refractivity contribution in [2.75, 3.05) is 29.9 Å². The van der Waals surface area contributed by atoms with Crippen LogP contribution in [-0.2, 0) is 16.1 Å². The molecule has 0 unspecified atom stereocenters. The fourth-order valence-electron chi connectivity index (χ4n) is 4.31. The van der Waals surface area contributed by atoms with Gasteiger partial charge in [0.05, 0.1) is 6.61 Å². The number of benzene rings is 2. The van der Waals surface area contributed by atoms with Crippen molar-refractivity contribution in [2.45, 2.75) is 53.0 Å². The molecule has 1 aromatic heterocycles. The van der Waals surface area contributed by atoms with Crippen molar-refractivity contribution in [1.29, 1.82) is 0 Å². The molecular weight excluding hydrogens is 490 g/mol. The van der Waals surface area contributed by atoms with Crippen LogP contribution in [0.15, 0.2) is 73.1 Å². The Hall–Kier alpha value is -4.13. The molecule has 0 aliphatic rings. The number of aromatic nitrogens is 1. The van der Waals surface area contributed by atoms with Crippen molar-refractivity contribution >= 4 is 34.9 Å². The first-order valence-electron chi connectivity index (χ1n) is 13.7. The highest BCUT2D eigenvalue weighted by Gasteiger charge is 2.17. The number of rotatable bonds is 15. The summed E-state index contributed by atoms with van der Waals surface area (Å²) in [4.78, 5) is 26.8. The molecule has 0 saturated heterocycles. The molecular formula is C32H39N3O4. The van der Waals surface area contributed by atoms with Crippen LogP contribution >= 0.6 is 0 Å². The summed E-state index contributed by atoms with van der Waals surface area (Å²) in [5.74, 6) is -0.733. The number of amides is 1. The van der Waals surface area contributed by atoms with Crippen molar-refractivity contribution in [3.05, 3.63) is 84.2 Å². The van der Waals surface area contributed by atoms with Gasteiger partial charge in [-0.05, 0) is 56.2 Å². The van der Waals surface area contributed by atoms with Crippen LogP contribution in [0, 0.1) is 0 Å². The molecule has 7 nitrogen and oxygen atoms in total. The summed E-state index contributed by atoms with van der Waals surface area (Å²) in [5, 5.41) is 14.0. The first kappa shape index (κ1) is 29.4. The van der Waals surface area contributed by atoms with E-state index in [1.54, 1.807) is 24.5 Å². The van der Waals surface area contributed by atoms with E-state index in [0.29, 0.717) is 23.4 Å². The van der Waals surface area contributed by atoms with Crippen molar-refractivity contribution in [1.82, 2.24) is 0 Å². The molecule has 0 aliphatic heterocycles. The molecule has 0 atom stereocenters. The van der Waals surface area contributed by atoms with E-state index in [0.717, 1.165) is 49.4 Å². The molecule has 3 aromatic rings. The lowest BCUT2D eigenvalue weighted by Crippen LogP contribution is -2.43. The fraction of sp³-hybridized carbons (Fsp3) is 0.344. The summed E-state index contributed by atoms with van der Waals surface area (Å²) >= 11 is 0. The molecule has 1 heterocycles. The average Bonchev–Trinajstić information content (AvgIpc) is 2.94. The zero-order valence-electron chi connectivity index (χ0n) is 23.2. The largest absolute Gasteiger partial charge is 0.544 e. The number of nitrogens with one attached hydrogen (secondary N) is 1. The zero-order chi connectivity index (χ0) is 28.0. The van der Waals surface area contributed by atoms with Gasteiger partial charge in [-0.15, -0.1) is 0 Å². The Morgan fingerprint density at radius 3 is 2.31 bits per heavy atom. The van der Waals surface area contributed by atoms with Crippen molar-refractivity contribution in [3.63, 3.8) is 0 Å². The summed E-state index contributed by atoms with van der Waals surface area (Å²) < 4.78 is 7.78. The van der Waals surface area contributed by atoms with Crippen LogP contribution in [0.5, 0.6) is 5.75 Å². The minimum absolute atomic E-state index is 0.265. The van der Waals surface area contributed by atoms with E-state index in [-0.39, 0.29) is 12.5 Å². The second-order valence-corrected chi connectivity index (χ2v) is 9.31. The van der Waals surface area contributed by atoms with E-state index in [1.165, 1.54) is 11.0 Å². The Morgan fingerprint density at radius 1 is 0.949 bits per heavy atom. The molecule has 39 heavy (non-hydrogen) atoms. The molecule has 0 spiro atoms. The highest BCUT2D eigenvalue weighted by molar-refractivity contribution is 6.29. The Bertz CT molecular complexity index is 1240. The first-order chi connectivity index (χ1) is 18.9. The third kappa shape index (κ3) is 8.99. The van der Waals surface area contributed by atoms with Gasteiger partial charge in [0.25, 0.3) is 5.91 Å². The van der Waals surface area contributed by atoms with Crippen molar-refractivity contribution in [3.8, 4) is 5.75 Å². The van der Waals surface area contributed by atoms with E-state index in [4.69, 9.17) is 4.74 Å². The molecule has 0 radical (unpaired) electrons. The number of pyridine rings is 1. The third-order valence-electron chi connectivity index (χ3n) is 6.47. The number of carbonyl (C=O) groups excluding carboxylic acids is 2.